The molecule has 0 bridgehead atoms. The van der Waals surface area contributed by atoms with Crippen molar-refractivity contribution in [2.75, 3.05) is 0 Å². The van der Waals surface area contributed by atoms with E-state index in [4.69, 9.17) is 0 Å². The van der Waals surface area contributed by atoms with Gasteiger partial charge in [-0.15, -0.1) is 0 Å². The van der Waals surface area contributed by atoms with Gasteiger partial charge in [-0.25, -0.2) is 8.78 Å². The van der Waals surface area contributed by atoms with Crippen molar-refractivity contribution in [2.24, 2.45) is 0 Å². The molecule has 1 N–H and O–H groups in total. The highest BCUT2D eigenvalue weighted by molar-refractivity contribution is 5.15. The zero-order chi connectivity index (χ0) is 10.6. The highest BCUT2D eigenvalue weighted by Crippen LogP contribution is 2.21. The smallest absolute Gasteiger partial charge is 0.266 e. The number of alkyl halides is 2. The van der Waals surface area contributed by atoms with Crippen LogP contribution in [0.25, 0.3) is 0 Å². The summed E-state index contributed by atoms with van der Waals surface area (Å²) in [6.45, 7) is 1.17. The van der Waals surface area contributed by atoms with Gasteiger partial charge in [-0.1, -0.05) is 30.3 Å². The summed E-state index contributed by atoms with van der Waals surface area (Å²) in [5.74, 6) is 0. The zero-order valence-electron chi connectivity index (χ0n) is 8.08. The molecule has 0 aromatic heterocycles. The van der Waals surface area contributed by atoms with Crippen LogP contribution in [0.5, 0.6) is 0 Å². The van der Waals surface area contributed by atoms with E-state index in [0.717, 1.165) is 5.56 Å². The maximum absolute atomic E-state index is 12.3. The quantitative estimate of drug-likeness (QED) is 0.792. The molecule has 1 nitrogen and oxygen atoms in total. The van der Waals surface area contributed by atoms with Crippen molar-refractivity contribution in [1.29, 1.82) is 0 Å². The maximum atomic E-state index is 12.3. The largest absolute Gasteiger partial charge is 0.384 e. The standard InChI is InChI=1S/C11H14F2O/c1-11(14,10(12)13)8-7-9-5-3-2-4-6-9/h2-6,10,14H,7-8H2,1H3. The molecule has 0 amide bonds. The Kier molecular flexibility index (Phi) is 3.58. The van der Waals surface area contributed by atoms with Crippen LogP contribution < -0.4 is 0 Å². The molecule has 1 aromatic carbocycles. The Morgan fingerprint density at radius 1 is 1.29 bits per heavy atom. The Morgan fingerprint density at radius 3 is 2.36 bits per heavy atom. The molecule has 0 aliphatic rings. The van der Waals surface area contributed by atoms with Crippen molar-refractivity contribution in [3.05, 3.63) is 35.9 Å². The normalized spacial score (nSPS) is 15.5. The summed E-state index contributed by atoms with van der Waals surface area (Å²) in [5, 5.41) is 9.30. The maximum Gasteiger partial charge on any atom is 0.266 e. The molecule has 0 aliphatic carbocycles. The first-order chi connectivity index (χ1) is 6.52. The summed E-state index contributed by atoms with van der Waals surface area (Å²) in [6.07, 6.45) is -2.14. The summed E-state index contributed by atoms with van der Waals surface area (Å²) in [4.78, 5) is 0. The lowest BCUT2D eigenvalue weighted by Crippen LogP contribution is -2.33. The predicted molar refractivity (Wildman–Crippen MR) is 51.4 cm³/mol. The third-order valence-corrected chi connectivity index (χ3v) is 2.23. The SMILES string of the molecule is CC(O)(CCc1ccccc1)C(F)F. The van der Waals surface area contributed by atoms with Gasteiger partial charge in [0.05, 0.1) is 0 Å². The minimum atomic E-state index is -2.69. The Labute approximate surface area is 82.4 Å². The van der Waals surface area contributed by atoms with E-state index in [1.807, 2.05) is 30.3 Å². The molecule has 1 rings (SSSR count). The number of aliphatic hydroxyl groups is 1. The second-order valence-electron chi connectivity index (χ2n) is 3.64. The van der Waals surface area contributed by atoms with Crippen LogP contribution in [0.15, 0.2) is 30.3 Å². The molecule has 0 aliphatic heterocycles. The van der Waals surface area contributed by atoms with Gasteiger partial charge in [0.15, 0.2) is 0 Å². The molecular formula is C11H14F2O. The second kappa shape index (κ2) is 4.51. The first-order valence-corrected chi connectivity index (χ1v) is 4.57. The Balaban J connectivity index is 2.49. The van der Waals surface area contributed by atoms with E-state index in [1.54, 1.807) is 0 Å². The van der Waals surface area contributed by atoms with Gasteiger partial charge >= 0.3 is 0 Å². The lowest BCUT2D eigenvalue weighted by atomic mass is 9.97. The second-order valence-corrected chi connectivity index (χ2v) is 3.64. The third-order valence-electron chi connectivity index (χ3n) is 2.23. The van der Waals surface area contributed by atoms with Crippen LogP contribution in [0.2, 0.25) is 0 Å². The van der Waals surface area contributed by atoms with Crippen molar-refractivity contribution < 1.29 is 13.9 Å². The average Bonchev–Trinajstić information content (AvgIpc) is 2.16. The fourth-order valence-electron chi connectivity index (χ4n) is 1.15. The topological polar surface area (TPSA) is 20.2 Å². The van der Waals surface area contributed by atoms with E-state index in [9.17, 15) is 13.9 Å². The molecule has 14 heavy (non-hydrogen) atoms. The van der Waals surface area contributed by atoms with E-state index < -0.39 is 12.0 Å². The third kappa shape index (κ3) is 3.07. The summed E-state index contributed by atoms with van der Waals surface area (Å²) < 4.78 is 24.5. The van der Waals surface area contributed by atoms with Crippen LogP contribution in [0, 0.1) is 0 Å². The highest BCUT2D eigenvalue weighted by Gasteiger charge is 2.31. The predicted octanol–water partition coefficient (Wildman–Crippen LogP) is 2.64. The van der Waals surface area contributed by atoms with Crippen LogP contribution in [0.4, 0.5) is 8.78 Å². The first kappa shape index (κ1) is 11.1. The van der Waals surface area contributed by atoms with Crippen molar-refractivity contribution in [3.63, 3.8) is 0 Å². The number of halogens is 2. The number of benzene rings is 1. The molecule has 0 saturated carbocycles. The monoisotopic (exact) mass is 200 g/mol. The van der Waals surface area contributed by atoms with Gasteiger partial charge in [0, 0.05) is 0 Å². The molecule has 1 atom stereocenters. The van der Waals surface area contributed by atoms with Gasteiger partial charge in [0.2, 0.25) is 0 Å². The molecule has 78 valence electrons. The van der Waals surface area contributed by atoms with Gasteiger partial charge in [-0.2, -0.15) is 0 Å². The van der Waals surface area contributed by atoms with Crippen molar-refractivity contribution in [1.82, 2.24) is 0 Å². The Hall–Kier alpha value is -0.960. The highest BCUT2D eigenvalue weighted by atomic mass is 19.3. The lowest BCUT2D eigenvalue weighted by Gasteiger charge is -2.21. The van der Waals surface area contributed by atoms with Gasteiger partial charge in [0.1, 0.15) is 5.60 Å². The van der Waals surface area contributed by atoms with Gasteiger partial charge < -0.3 is 5.11 Å². The summed E-state index contributed by atoms with van der Waals surface area (Å²) in [5.41, 5.74) is -0.913. The molecule has 0 heterocycles. The van der Waals surface area contributed by atoms with Crippen LogP contribution in [0.1, 0.15) is 18.9 Å². The van der Waals surface area contributed by atoms with E-state index in [1.165, 1.54) is 6.92 Å². The molecule has 0 saturated heterocycles. The average molecular weight is 200 g/mol. The molecule has 0 spiro atoms. The first-order valence-electron chi connectivity index (χ1n) is 4.57. The van der Waals surface area contributed by atoms with Crippen LogP contribution in [-0.4, -0.2) is 17.1 Å². The molecule has 0 fully saturated rings. The number of hydrogen-bond donors (Lipinski definition) is 1. The van der Waals surface area contributed by atoms with Crippen LogP contribution >= 0.6 is 0 Å². The van der Waals surface area contributed by atoms with E-state index >= 15 is 0 Å². The van der Waals surface area contributed by atoms with Crippen LogP contribution in [0.3, 0.4) is 0 Å². The lowest BCUT2D eigenvalue weighted by molar-refractivity contribution is -0.0873. The fourth-order valence-corrected chi connectivity index (χ4v) is 1.15. The number of aryl methyl sites for hydroxylation is 1. The van der Waals surface area contributed by atoms with Gasteiger partial charge in [-0.3, -0.25) is 0 Å². The minimum absolute atomic E-state index is 0.0781. The molecule has 1 unspecified atom stereocenters. The number of rotatable bonds is 4. The van der Waals surface area contributed by atoms with Crippen molar-refractivity contribution in [2.45, 2.75) is 31.8 Å². The van der Waals surface area contributed by atoms with E-state index in [2.05, 4.69) is 0 Å². The molecule has 3 heteroatoms. The zero-order valence-corrected chi connectivity index (χ0v) is 8.08. The Morgan fingerprint density at radius 2 is 1.86 bits per heavy atom. The summed E-state index contributed by atoms with van der Waals surface area (Å²) in [7, 11) is 0. The molecule has 1 aromatic rings. The molecular weight excluding hydrogens is 186 g/mol. The van der Waals surface area contributed by atoms with Crippen LogP contribution in [-0.2, 0) is 6.42 Å². The molecule has 0 radical (unpaired) electrons. The Bertz CT molecular complexity index is 270. The fraction of sp³-hybridized carbons (Fsp3) is 0.455. The minimum Gasteiger partial charge on any atom is -0.384 e. The summed E-state index contributed by atoms with van der Waals surface area (Å²) >= 11 is 0. The summed E-state index contributed by atoms with van der Waals surface area (Å²) in [6, 6.07) is 9.30. The van der Waals surface area contributed by atoms with Crippen molar-refractivity contribution in [3.8, 4) is 0 Å². The van der Waals surface area contributed by atoms with Crippen molar-refractivity contribution >= 4 is 0 Å². The van der Waals surface area contributed by atoms with Gasteiger partial charge in [0.25, 0.3) is 6.43 Å². The van der Waals surface area contributed by atoms with Gasteiger partial charge in [-0.05, 0) is 25.3 Å². The number of hydrogen-bond acceptors (Lipinski definition) is 1. The van der Waals surface area contributed by atoms with E-state index in [-0.39, 0.29) is 6.42 Å². The van der Waals surface area contributed by atoms with E-state index in [0.29, 0.717) is 6.42 Å².